The molecule has 0 fully saturated rings. The van der Waals surface area contributed by atoms with Crippen molar-refractivity contribution in [3.8, 4) is 0 Å². The summed E-state index contributed by atoms with van der Waals surface area (Å²) in [7, 11) is 2.10. The van der Waals surface area contributed by atoms with Gasteiger partial charge in [0.15, 0.2) is 0 Å². The van der Waals surface area contributed by atoms with Crippen molar-refractivity contribution in [1.82, 2.24) is 15.2 Å². The molecule has 1 aromatic rings. The third-order valence-corrected chi connectivity index (χ3v) is 3.00. The number of aromatic nitrogens is 1. The SMILES string of the molecule is CCCNCc1ccc(CN(C)CCOC(C)C)nc1. The fraction of sp³-hybridized carbons (Fsp3) is 0.688. The van der Waals surface area contributed by atoms with Crippen molar-refractivity contribution >= 4 is 0 Å². The van der Waals surface area contributed by atoms with Gasteiger partial charge in [-0.2, -0.15) is 0 Å². The van der Waals surface area contributed by atoms with Crippen molar-refractivity contribution in [3.05, 3.63) is 29.6 Å². The maximum Gasteiger partial charge on any atom is 0.0596 e. The van der Waals surface area contributed by atoms with E-state index in [-0.39, 0.29) is 0 Å². The molecule has 0 aliphatic heterocycles. The van der Waals surface area contributed by atoms with Crippen LogP contribution in [0.15, 0.2) is 18.3 Å². The van der Waals surface area contributed by atoms with Crippen molar-refractivity contribution in [1.29, 1.82) is 0 Å². The van der Waals surface area contributed by atoms with Gasteiger partial charge in [0.25, 0.3) is 0 Å². The number of pyridine rings is 1. The summed E-state index contributed by atoms with van der Waals surface area (Å²) in [6.45, 7) is 10.8. The summed E-state index contributed by atoms with van der Waals surface area (Å²) in [6.07, 6.45) is 3.43. The predicted molar refractivity (Wildman–Crippen MR) is 83.7 cm³/mol. The Balaban J connectivity index is 2.29. The molecule has 0 radical (unpaired) electrons. The van der Waals surface area contributed by atoms with E-state index < -0.39 is 0 Å². The highest BCUT2D eigenvalue weighted by Gasteiger charge is 2.03. The molecule has 0 spiro atoms. The summed E-state index contributed by atoms with van der Waals surface area (Å²) >= 11 is 0. The number of hydrogen-bond acceptors (Lipinski definition) is 4. The highest BCUT2D eigenvalue weighted by Crippen LogP contribution is 2.03. The van der Waals surface area contributed by atoms with E-state index in [0.717, 1.165) is 44.9 Å². The van der Waals surface area contributed by atoms with Crippen LogP contribution in [-0.2, 0) is 17.8 Å². The summed E-state index contributed by atoms with van der Waals surface area (Å²) in [5.74, 6) is 0. The van der Waals surface area contributed by atoms with E-state index in [1.807, 2.05) is 6.20 Å². The molecule has 1 heterocycles. The van der Waals surface area contributed by atoms with Crippen molar-refractivity contribution in [2.24, 2.45) is 0 Å². The monoisotopic (exact) mass is 279 g/mol. The Morgan fingerprint density at radius 2 is 2.15 bits per heavy atom. The average molecular weight is 279 g/mol. The summed E-state index contributed by atoms with van der Waals surface area (Å²) in [4.78, 5) is 6.75. The van der Waals surface area contributed by atoms with E-state index in [1.165, 1.54) is 5.56 Å². The summed E-state index contributed by atoms with van der Waals surface area (Å²) in [5, 5.41) is 3.38. The Bertz CT molecular complexity index is 351. The van der Waals surface area contributed by atoms with E-state index >= 15 is 0 Å². The zero-order valence-corrected chi connectivity index (χ0v) is 13.4. The molecule has 0 bridgehead atoms. The zero-order chi connectivity index (χ0) is 14.8. The molecule has 4 heteroatoms. The molecule has 0 saturated carbocycles. The highest BCUT2D eigenvalue weighted by atomic mass is 16.5. The van der Waals surface area contributed by atoms with Gasteiger partial charge in [-0.05, 0) is 45.5 Å². The van der Waals surface area contributed by atoms with Crippen LogP contribution in [0.1, 0.15) is 38.4 Å². The largest absolute Gasteiger partial charge is 0.377 e. The van der Waals surface area contributed by atoms with E-state index in [0.29, 0.717) is 6.10 Å². The van der Waals surface area contributed by atoms with Gasteiger partial charge in [0.05, 0.1) is 18.4 Å². The quantitative estimate of drug-likeness (QED) is 0.668. The molecule has 0 atom stereocenters. The summed E-state index contributed by atoms with van der Waals surface area (Å²) in [5.41, 5.74) is 2.35. The van der Waals surface area contributed by atoms with E-state index in [2.05, 4.69) is 55.2 Å². The molecule has 0 amide bonds. The lowest BCUT2D eigenvalue weighted by molar-refractivity contribution is 0.0625. The van der Waals surface area contributed by atoms with Crippen LogP contribution in [-0.4, -0.2) is 42.7 Å². The number of likely N-dealkylation sites (N-methyl/N-ethyl adjacent to an activating group) is 1. The molecule has 0 aliphatic rings. The highest BCUT2D eigenvalue weighted by molar-refractivity contribution is 5.13. The fourth-order valence-corrected chi connectivity index (χ4v) is 1.86. The maximum absolute atomic E-state index is 5.55. The maximum atomic E-state index is 5.55. The standard InChI is InChI=1S/C16H29N3O/c1-5-8-17-11-15-6-7-16(18-12-15)13-19(4)9-10-20-14(2)3/h6-7,12,14,17H,5,8-11,13H2,1-4H3. The lowest BCUT2D eigenvalue weighted by atomic mass is 10.2. The van der Waals surface area contributed by atoms with E-state index in [4.69, 9.17) is 4.74 Å². The van der Waals surface area contributed by atoms with Crippen molar-refractivity contribution in [3.63, 3.8) is 0 Å². The molecule has 0 aromatic carbocycles. The Hall–Kier alpha value is -0.970. The first-order valence-electron chi connectivity index (χ1n) is 7.56. The van der Waals surface area contributed by atoms with Gasteiger partial charge in [-0.3, -0.25) is 9.88 Å². The molecular formula is C16H29N3O. The van der Waals surface area contributed by atoms with Crippen molar-refractivity contribution < 1.29 is 4.74 Å². The van der Waals surface area contributed by atoms with Gasteiger partial charge in [-0.15, -0.1) is 0 Å². The lowest BCUT2D eigenvalue weighted by Crippen LogP contribution is -2.24. The van der Waals surface area contributed by atoms with Crippen LogP contribution in [0.3, 0.4) is 0 Å². The molecule has 0 unspecified atom stereocenters. The first-order chi connectivity index (χ1) is 9.61. The minimum absolute atomic E-state index is 0.302. The van der Waals surface area contributed by atoms with Crippen LogP contribution in [0.25, 0.3) is 0 Å². The molecule has 114 valence electrons. The number of hydrogen-bond donors (Lipinski definition) is 1. The van der Waals surface area contributed by atoms with Crippen LogP contribution in [0.4, 0.5) is 0 Å². The van der Waals surface area contributed by atoms with Crippen molar-refractivity contribution in [2.75, 3.05) is 26.7 Å². The number of rotatable bonds is 10. The minimum Gasteiger partial charge on any atom is -0.377 e. The Morgan fingerprint density at radius 1 is 1.35 bits per heavy atom. The van der Waals surface area contributed by atoms with Gasteiger partial charge in [0.1, 0.15) is 0 Å². The minimum atomic E-state index is 0.302. The van der Waals surface area contributed by atoms with Crippen LogP contribution < -0.4 is 5.32 Å². The number of ether oxygens (including phenoxy) is 1. The normalized spacial score (nSPS) is 11.5. The average Bonchev–Trinajstić information content (AvgIpc) is 2.40. The first-order valence-corrected chi connectivity index (χ1v) is 7.56. The third kappa shape index (κ3) is 7.58. The molecule has 1 rings (SSSR count). The predicted octanol–water partition coefficient (Wildman–Crippen LogP) is 2.44. The molecule has 20 heavy (non-hydrogen) atoms. The number of nitrogens with one attached hydrogen (secondary N) is 1. The van der Waals surface area contributed by atoms with Crippen LogP contribution in [0.2, 0.25) is 0 Å². The molecule has 1 N–H and O–H groups in total. The van der Waals surface area contributed by atoms with Crippen LogP contribution >= 0.6 is 0 Å². The molecule has 4 nitrogen and oxygen atoms in total. The van der Waals surface area contributed by atoms with Gasteiger partial charge in [-0.25, -0.2) is 0 Å². The topological polar surface area (TPSA) is 37.4 Å². The summed E-state index contributed by atoms with van der Waals surface area (Å²) < 4.78 is 5.55. The first kappa shape index (κ1) is 17.1. The Kier molecular flexibility index (Phi) is 8.42. The second kappa shape index (κ2) is 9.86. The third-order valence-electron chi connectivity index (χ3n) is 3.00. The Morgan fingerprint density at radius 3 is 2.75 bits per heavy atom. The smallest absolute Gasteiger partial charge is 0.0596 e. The second-order valence-corrected chi connectivity index (χ2v) is 5.49. The van der Waals surface area contributed by atoms with Crippen LogP contribution in [0, 0.1) is 0 Å². The zero-order valence-electron chi connectivity index (χ0n) is 13.4. The van der Waals surface area contributed by atoms with E-state index in [1.54, 1.807) is 0 Å². The van der Waals surface area contributed by atoms with Gasteiger partial charge >= 0.3 is 0 Å². The van der Waals surface area contributed by atoms with Gasteiger partial charge in [-0.1, -0.05) is 13.0 Å². The van der Waals surface area contributed by atoms with E-state index in [9.17, 15) is 0 Å². The van der Waals surface area contributed by atoms with Gasteiger partial charge in [0.2, 0.25) is 0 Å². The molecule has 0 saturated heterocycles. The Labute approximate surface area is 123 Å². The number of nitrogens with zero attached hydrogens (tertiary/aromatic N) is 2. The lowest BCUT2D eigenvalue weighted by Gasteiger charge is -2.17. The van der Waals surface area contributed by atoms with Gasteiger partial charge < -0.3 is 10.1 Å². The molecular weight excluding hydrogens is 250 g/mol. The summed E-state index contributed by atoms with van der Waals surface area (Å²) in [6, 6.07) is 4.27. The van der Waals surface area contributed by atoms with Crippen LogP contribution in [0.5, 0.6) is 0 Å². The van der Waals surface area contributed by atoms with Gasteiger partial charge in [0, 0.05) is 25.8 Å². The molecule has 1 aromatic heterocycles. The molecule has 0 aliphatic carbocycles. The fourth-order valence-electron chi connectivity index (χ4n) is 1.86. The second-order valence-electron chi connectivity index (χ2n) is 5.49. The van der Waals surface area contributed by atoms with Crippen molar-refractivity contribution in [2.45, 2.75) is 46.4 Å².